The summed E-state index contributed by atoms with van der Waals surface area (Å²) in [5.41, 5.74) is 3.66. The number of halogens is 1. The molecular formula is C25H24BrN5O6S. The van der Waals surface area contributed by atoms with E-state index >= 15 is 0 Å². The monoisotopic (exact) mass is 601 g/mol. The smallest absolute Gasteiger partial charge is 0.270 e. The standard InChI is InChI=1S/C25H24BrN5O6S/c26-20-5-4-6-21(16-20)30(38(35,36)23-7-2-1-3-8-23)18-25(32)28-27-17-19-15-22(31(33)34)9-10-24(19)29-11-13-37-14-12-29/h1-10,15-17H,11-14,18H2,(H,28,32)/b27-17+. The van der Waals surface area contributed by atoms with Crippen LogP contribution >= 0.6 is 15.9 Å². The van der Waals surface area contributed by atoms with E-state index in [4.69, 9.17) is 4.74 Å². The second-order valence-corrected chi connectivity index (χ2v) is 11.0. The van der Waals surface area contributed by atoms with Crippen molar-refractivity contribution in [2.24, 2.45) is 5.10 Å². The minimum absolute atomic E-state index is 0.0306. The molecule has 11 nitrogen and oxygen atoms in total. The first-order valence-electron chi connectivity index (χ1n) is 11.5. The Hall–Kier alpha value is -3.81. The van der Waals surface area contributed by atoms with Crippen molar-refractivity contribution in [2.45, 2.75) is 4.90 Å². The van der Waals surface area contributed by atoms with Gasteiger partial charge in [-0.15, -0.1) is 0 Å². The average Bonchev–Trinajstić information content (AvgIpc) is 2.92. The first-order valence-corrected chi connectivity index (χ1v) is 13.8. The lowest BCUT2D eigenvalue weighted by molar-refractivity contribution is -0.384. The predicted octanol–water partition coefficient (Wildman–Crippen LogP) is 3.54. The summed E-state index contributed by atoms with van der Waals surface area (Å²) in [6.07, 6.45) is 1.31. The maximum Gasteiger partial charge on any atom is 0.270 e. The van der Waals surface area contributed by atoms with Crippen LogP contribution in [0.5, 0.6) is 0 Å². The van der Waals surface area contributed by atoms with Crippen LogP contribution in [0.1, 0.15) is 5.56 Å². The van der Waals surface area contributed by atoms with Crippen molar-refractivity contribution in [3.05, 3.63) is 92.9 Å². The average molecular weight is 602 g/mol. The number of ether oxygens (including phenoxy) is 1. The van der Waals surface area contributed by atoms with Crippen LogP contribution in [0.2, 0.25) is 0 Å². The largest absolute Gasteiger partial charge is 0.378 e. The molecule has 0 spiro atoms. The fraction of sp³-hybridized carbons (Fsp3) is 0.200. The molecule has 1 heterocycles. The molecule has 0 unspecified atom stereocenters. The molecule has 3 aromatic carbocycles. The number of non-ortho nitro benzene ring substituents is 1. The molecule has 1 aliphatic rings. The Balaban J connectivity index is 1.57. The highest BCUT2D eigenvalue weighted by molar-refractivity contribution is 9.10. The van der Waals surface area contributed by atoms with Gasteiger partial charge < -0.3 is 9.64 Å². The predicted molar refractivity (Wildman–Crippen MR) is 147 cm³/mol. The Bertz CT molecular complexity index is 1450. The molecule has 1 N–H and O–H groups in total. The molecule has 4 rings (SSSR count). The lowest BCUT2D eigenvalue weighted by atomic mass is 10.1. The van der Waals surface area contributed by atoms with Gasteiger partial charge in [0.15, 0.2) is 0 Å². The Kier molecular flexibility index (Phi) is 8.71. The summed E-state index contributed by atoms with van der Waals surface area (Å²) in [6, 6.07) is 18.8. The van der Waals surface area contributed by atoms with Crippen LogP contribution in [0, 0.1) is 10.1 Å². The molecule has 0 saturated carbocycles. The molecule has 0 aliphatic carbocycles. The van der Waals surface area contributed by atoms with Crippen molar-refractivity contribution in [2.75, 3.05) is 42.1 Å². The topological polar surface area (TPSA) is 134 Å². The lowest BCUT2D eigenvalue weighted by Crippen LogP contribution is -2.39. The van der Waals surface area contributed by atoms with Crippen molar-refractivity contribution in [1.82, 2.24) is 5.43 Å². The number of hydrogen-bond acceptors (Lipinski definition) is 8. The zero-order valence-corrected chi connectivity index (χ0v) is 22.5. The van der Waals surface area contributed by atoms with Crippen LogP contribution in [0.3, 0.4) is 0 Å². The van der Waals surface area contributed by atoms with E-state index in [-0.39, 0.29) is 16.3 Å². The van der Waals surface area contributed by atoms with Crippen LogP contribution in [0.15, 0.2) is 87.3 Å². The fourth-order valence-corrected chi connectivity index (χ4v) is 5.68. The normalized spacial score (nSPS) is 13.9. The van der Waals surface area contributed by atoms with Gasteiger partial charge in [-0.1, -0.05) is 40.2 Å². The molecule has 1 amide bonds. The number of morpholine rings is 1. The van der Waals surface area contributed by atoms with E-state index in [2.05, 4.69) is 26.5 Å². The molecule has 0 atom stereocenters. The number of nitro groups is 1. The van der Waals surface area contributed by atoms with E-state index < -0.39 is 27.4 Å². The molecule has 13 heteroatoms. The summed E-state index contributed by atoms with van der Waals surface area (Å²) in [7, 11) is -4.07. The number of benzene rings is 3. The summed E-state index contributed by atoms with van der Waals surface area (Å²) in [5.74, 6) is -0.695. The third-order valence-corrected chi connectivity index (χ3v) is 7.96. The Morgan fingerprint density at radius 2 is 1.84 bits per heavy atom. The van der Waals surface area contributed by atoms with Crippen molar-refractivity contribution in [3.63, 3.8) is 0 Å². The molecule has 1 fully saturated rings. The van der Waals surface area contributed by atoms with E-state index in [0.29, 0.717) is 42.0 Å². The number of nitrogens with zero attached hydrogens (tertiary/aromatic N) is 4. The van der Waals surface area contributed by atoms with Gasteiger partial charge in [0.25, 0.3) is 21.6 Å². The van der Waals surface area contributed by atoms with Gasteiger partial charge >= 0.3 is 0 Å². The summed E-state index contributed by atoms with van der Waals surface area (Å²) in [4.78, 5) is 25.7. The number of rotatable bonds is 9. The minimum atomic E-state index is -4.07. The Morgan fingerprint density at radius 1 is 1.11 bits per heavy atom. The number of amides is 1. The van der Waals surface area contributed by atoms with Crippen LogP contribution in [-0.4, -0.2) is 58.3 Å². The van der Waals surface area contributed by atoms with E-state index in [0.717, 1.165) is 4.31 Å². The van der Waals surface area contributed by atoms with Gasteiger partial charge in [-0.25, -0.2) is 13.8 Å². The first-order chi connectivity index (χ1) is 18.3. The number of anilines is 2. The minimum Gasteiger partial charge on any atom is -0.378 e. The van der Waals surface area contributed by atoms with Gasteiger partial charge in [0.05, 0.1) is 34.9 Å². The number of carbonyl (C=O) groups excluding carboxylic acids is 1. The van der Waals surface area contributed by atoms with Gasteiger partial charge in [0.2, 0.25) is 0 Å². The number of hydrogen-bond donors (Lipinski definition) is 1. The zero-order chi connectivity index (χ0) is 27.1. The number of sulfonamides is 1. The second-order valence-electron chi connectivity index (χ2n) is 8.20. The Morgan fingerprint density at radius 3 is 2.53 bits per heavy atom. The third kappa shape index (κ3) is 6.54. The van der Waals surface area contributed by atoms with Crippen LogP contribution < -0.4 is 14.6 Å². The van der Waals surface area contributed by atoms with E-state index in [1.807, 2.05) is 4.90 Å². The van der Waals surface area contributed by atoms with Crippen LogP contribution in [0.25, 0.3) is 0 Å². The third-order valence-electron chi connectivity index (χ3n) is 5.68. The molecular weight excluding hydrogens is 578 g/mol. The van der Waals surface area contributed by atoms with Gasteiger partial charge in [-0.3, -0.25) is 19.2 Å². The molecule has 1 aliphatic heterocycles. The molecule has 0 bridgehead atoms. The van der Waals surface area contributed by atoms with Crippen LogP contribution in [0.4, 0.5) is 17.1 Å². The molecule has 38 heavy (non-hydrogen) atoms. The summed E-state index contributed by atoms with van der Waals surface area (Å²) >= 11 is 3.34. The molecule has 0 radical (unpaired) electrons. The number of hydrazone groups is 1. The second kappa shape index (κ2) is 12.2. The highest BCUT2D eigenvalue weighted by atomic mass is 79.9. The SMILES string of the molecule is O=C(CN(c1cccc(Br)c1)S(=O)(=O)c1ccccc1)N/N=C/c1cc([N+](=O)[O-])ccc1N1CCOCC1. The number of carbonyl (C=O) groups is 1. The van der Waals surface area contributed by atoms with Crippen molar-refractivity contribution in [1.29, 1.82) is 0 Å². The van der Waals surface area contributed by atoms with Gasteiger partial charge in [0, 0.05) is 40.9 Å². The van der Waals surface area contributed by atoms with Gasteiger partial charge in [0.1, 0.15) is 6.54 Å². The van der Waals surface area contributed by atoms with Crippen molar-refractivity contribution >= 4 is 55.1 Å². The number of nitrogens with one attached hydrogen (secondary N) is 1. The molecule has 3 aromatic rings. The maximum atomic E-state index is 13.4. The quantitative estimate of drug-likeness (QED) is 0.225. The summed E-state index contributed by atoms with van der Waals surface area (Å²) in [5, 5.41) is 15.3. The van der Waals surface area contributed by atoms with Gasteiger partial charge in [-0.2, -0.15) is 5.10 Å². The van der Waals surface area contributed by atoms with Gasteiger partial charge in [-0.05, 0) is 36.4 Å². The fourth-order valence-electron chi connectivity index (χ4n) is 3.86. The first kappa shape index (κ1) is 27.2. The molecule has 1 saturated heterocycles. The lowest BCUT2D eigenvalue weighted by Gasteiger charge is -2.29. The van der Waals surface area contributed by atoms with Crippen molar-refractivity contribution in [3.8, 4) is 0 Å². The van der Waals surface area contributed by atoms with Crippen molar-refractivity contribution < 1.29 is 22.9 Å². The van der Waals surface area contributed by atoms with Crippen LogP contribution in [-0.2, 0) is 19.6 Å². The van der Waals surface area contributed by atoms with E-state index in [1.54, 1.807) is 48.5 Å². The Labute approximate surface area is 228 Å². The highest BCUT2D eigenvalue weighted by Gasteiger charge is 2.27. The molecule has 0 aromatic heterocycles. The van der Waals surface area contributed by atoms with E-state index in [9.17, 15) is 23.3 Å². The zero-order valence-electron chi connectivity index (χ0n) is 20.1. The van der Waals surface area contributed by atoms with E-state index in [1.165, 1.54) is 30.5 Å². The maximum absolute atomic E-state index is 13.4. The number of nitro benzene ring substituents is 1. The summed E-state index contributed by atoms with van der Waals surface area (Å²) < 4.78 is 33.8. The molecule has 198 valence electrons. The summed E-state index contributed by atoms with van der Waals surface area (Å²) in [6.45, 7) is 1.70. The highest BCUT2D eigenvalue weighted by Crippen LogP contribution is 2.27.